The second-order valence-electron chi connectivity index (χ2n) is 8.37. The third kappa shape index (κ3) is 6.15. The lowest BCUT2D eigenvalue weighted by Gasteiger charge is -2.26. The molecule has 2 aliphatic rings. The van der Waals surface area contributed by atoms with Crippen LogP contribution in [0.25, 0.3) is 0 Å². The number of ether oxygens (including phenoxy) is 1. The van der Waals surface area contributed by atoms with Crippen LogP contribution in [0.3, 0.4) is 0 Å². The number of benzene rings is 2. The minimum absolute atomic E-state index is 0.0644. The summed E-state index contributed by atoms with van der Waals surface area (Å²) in [5, 5.41) is 2.99. The van der Waals surface area contributed by atoms with Gasteiger partial charge in [0.2, 0.25) is 11.8 Å². The van der Waals surface area contributed by atoms with E-state index in [2.05, 4.69) is 34.5 Å². The zero-order valence-corrected chi connectivity index (χ0v) is 18.0. The van der Waals surface area contributed by atoms with E-state index in [-0.39, 0.29) is 24.2 Å². The number of hydrogen-bond donors (Lipinski definition) is 1. The Balaban J connectivity index is 1.22. The number of nitrogens with one attached hydrogen (secondary N) is 1. The molecular weight excluding hydrogens is 390 g/mol. The van der Waals surface area contributed by atoms with E-state index in [1.165, 1.54) is 11.1 Å². The van der Waals surface area contributed by atoms with Gasteiger partial charge in [-0.3, -0.25) is 14.5 Å². The second-order valence-corrected chi connectivity index (χ2v) is 8.37. The summed E-state index contributed by atoms with van der Waals surface area (Å²) < 4.78 is 5.39. The molecule has 2 aromatic carbocycles. The molecule has 0 aromatic heterocycles. The molecule has 1 N–H and O–H groups in total. The number of likely N-dealkylation sites (tertiary alicyclic amines) is 1. The maximum atomic E-state index is 12.7. The standard InChI is InChI=1S/C25H31N3O3/c29-24-18-22(19-28(24)13-11-20-4-2-1-3-5-20)25(30)26-23-8-6-21(7-9-23)10-12-27-14-16-31-17-15-27/h1-9,22H,10-19H2,(H,26,30). The number of carbonyl (C=O) groups excluding carboxylic acids is 2. The highest BCUT2D eigenvalue weighted by atomic mass is 16.5. The number of morpholine rings is 1. The highest BCUT2D eigenvalue weighted by Crippen LogP contribution is 2.21. The van der Waals surface area contributed by atoms with E-state index < -0.39 is 0 Å². The topological polar surface area (TPSA) is 61.9 Å². The van der Waals surface area contributed by atoms with Crippen molar-refractivity contribution in [3.05, 3.63) is 65.7 Å². The molecule has 2 saturated heterocycles. The number of nitrogens with zero attached hydrogens (tertiary/aromatic N) is 2. The van der Waals surface area contributed by atoms with Crippen molar-refractivity contribution in [1.82, 2.24) is 9.80 Å². The van der Waals surface area contributed by atoms with Crippen molar-refractivity contribution in [3.8, 4) is 0 Å². The van der Waals surface area contributed by atoms with Crippen molar-refractivity contribution in [2.75, 3.05) is 51.3 Å². The summed E-state index contributed by atoms with van der Waals surface area (Å²) in [4.78, 5) is 29.3. The molecule has 0 spiro atoms. The van der Waals surface area contributed by atoms with Gasteiger partial charge in [0.15, 0.2) is 0 Å². The van der Waals surface area contributed by atoms with E-state index in [9.17, 15) is 9.59 Å². The largest absolute Gasteiger partial charge is 0.379 e. The summed E-state index contributed by atoms with van der Waals surface area (Å²) in [6.45, 7) is 5.81. The van der Waals surface area contributed by atoms with E-state index in [4.69, 9.17) is 4.74 Å². The van der Waals surface area contributed by atoms with Gasteiger partial charge in [-0.15, -0.1) is 0 Å². The van der Waals surface area contributed by atoms with Gasteiger partial charge < -0.3 is 15.0 Å². The van der Waals surface area contributed by atoms with Crippen LogP contribution in [0.4, 0.5) is 5.69 Å². The Morgan fingerprint density at radius 1 is 0.935 bits per heavy atom. The number of amides is 2. The van der Waals surface area contributed by atoms with Crippen LogP contribution < -0.4 is 5.32 Å². The number of anilines is 1. The zero-order valence-electron chi connectivity index (χ0n) is 18.0. The maximum Gasteiger partial charge on any atom is 0.229 e. The number of hydrogen-bond acceptors (Lipinski definition) is 4. The van der Waals surface area contributed by atoms with Gasteiger partial charge in [-0.05, 0) is 36.1 Å². The Morgan fingerprint density at radius 3 is 2.35 bits per heavy atom. The van der Waals surface area contributed by atoms with Crippen molar-refractivity contribution in [2.45, 2.75) is 19.3 Å². The van der Waals surface area contributed by atoms with Gasteiger partial charge in [0.05, 0.1) is 19.1 Å². The average molecular weight is 422 g/mol. The molecule has 2 amide bonds. The van der Waals surface area contributed by atoms with Crippen molar-refractivity contribution in [2.24, 2.45) is 5.92 Å². The predicted molar refractivity (Wildman–Crippen MR) is 121 cm³/mol. The molecule has 2 aliphatic heterocycles. The van der Waals surface area contributed by atoms with Crippen LogP contribution in [0.1, 0.15) is 17.5 Å². The molecule has 2 fully saturated rings. The first-order chi connectivity index (χ1) is 15.2. The Labute approximate surface area is 184 Å². The van der Waals surface area contributed by atoms with E-state index >= 15 is 0 Å². The van der Waals surface area contributed by atoms with Crippen molar-refractivity contribution >= 4 is 17.5 Å². The van der Waals surface area contributed by atoms with Crippen LogP contribution in [0.15, 0.2) is 54.6 Å². The first-order valence-electron chi connectivity index (χ1n) is 11.2. The Bertz CT molecular complexity index is 863. The van der Waals surface area contributed by atoms with Gasteiger partial charge in [-0.2, -0.15) is 0 Å². The molecule has 2 heterocycles. The van der Waals surface area contributed by atoms with Crippen molar-refractivity contribution in [1.29, 1.82) is 0 Å². The second kappa shape index (κ2) is 10.6. The minimum atomic E-state index is -0.288. The molecule has 0 bridgehead atoms. The summed E-state index contributed by atoms with van der Waals surface area (Å²) in [6.07, 6.45) is 2.09. The Hall–Kier alpha value is -2.70. The molecule has 164 valence electrons. The molecule has 6 heteroatoms. The molecule has 0 aliphatic carbocycles. The van der Waals surface area contributed by atoms with Crippen molar-refractivity contribution < 1.29 is 14.3 Å². The average Bonchev–Trinajstić information content (AvgIpc) is 3.19. The first kappa shape index (κ1) is 21.5. The smallest absolute Gasteiger partial charge is 0.229 e. The molecule has 6 nitrogen and oxygen atoms in total. The van der Waals surface area contributed by atoms with Crippen molar-refractivity contribution in [3.63, 3.8) is 0 Å². The van der Waals surface area contributed by atoms with Crippen LogP contribution in [0, 0.1) is 5.92 Å². The summed E-state index contributed by atoms with van der Waals surface area (Å²) in [5.74, 6) is -0.296. The molecule has 1 unspecified atom stereocenters. The quantitative estimate of drug-likeness (QED) is 0.712. The highest BCUT2D eigenvalue weighted by Gasteiger charge is 2.34. The van der Waals surface area contributed by atoms with E-state index in [1.807, 2.05) is 35.2 Å². The van der Waals surface area contributed by atoms with Gasteiger partial charge >= 0.3 is 0 Å². The van der Waals surface area contributed by atoms with Gasteiger partial charge in [0, 0.05) is 44.8 Å². The van der Waals surface area contributed by atoms with Crippen LogP contribution in [0.5, 0.6) is 0 Å². The zero-order chi connectivity index (χ0) is 21.5. The Kier molecular flexibility index (Phi) is 7.33. The molecular formula is C25H31N3O3. The SMILES string of the molecule is O=C(Nc1ccc(CCN2CCOCC2)cc1)C1CC(=O)N(CCc2ccccc2)C1. The highest BCUT2D eigenvalue weighted by molar-refractivity contribution is 5.97. The molecule has 0 radical (unpaired) electrons. The molecule has 2 aromatic rings. The lowest BCUT2D eigenvalue weighted by Crippen LogP contribution is -2.37. The third-order valence-corrected chi connectivity index (χ3v) is 6.14. The lowest BCUT2D eigenvalue weighted by atomic mass is 10.1. The Morgan fingerprint density at radius 2 is 1.61 bits per heavy atom. The lowest BCUT2D eigenvalue weighted by molar-refractivity contribution is -0.128. The molecule has 4 rings (SSSR count). The summed E-state index contributed by atoms with van der Waals surface area (Å²) in [5.41, 5.74) is 3.25. The van der Waals surface area contributed by atoms with Crippen LogP contribution in [-0.4, -0.2) is 67.6 Å². The van der Waals surface area contributed by atoms with E-state index in [1.54, 1.807) is 0 Å². The van der Waals surface area contributed by atoms with Crippen LogP contribution in [0.2, 0.25) is 0 Å². The van der Waals surface area contributed by atoms with E-state index in [0.29, 0.717) is 13.1 Å². The fourth-order valence-electron chi connectivity index (χ4n) is 4.18. The van der Waals surface area contributed by atoms with Crippen LogP contribution >= 0.6 is 0 Å². The first-order valence-corrected chi connectivity index (χ1v) is 11.2. The normalized spacial score (nSPS) is 19.5. The van der Waals surface area contributed by atoms with Crippen LogP contribution in [-0.2, 0) is 27.2 Å². The van der Waals surface area contributed by atoms with E-state index in [0.717, 1.165) is 51.4 Å². The fraction of sp³-hybridized carbons (Fsp3) is 0.440. The summed E-state index contributed by atoms with van der Waals surface area (Å²) in [7, 11) is 0. The van der Waals surface area contributed by atoms with Gasteiger partial charge in [-0.1, -0.05) is 42.5 Å². The van der Waals surface area contributed by atoms with Gasteiger partial charge in [0.25, 0.3) is 0 Å². The van der Waals surface area contributed by atoms with Gasteiger partial charge in [0.1, 0.15) is 0 Å². The maximum absolute atomic E-state index is 12.7. The molecule has 0 saturated carbocycles. The number of carbonyl (C=O) groups is 2. The van der Waals surface area contributed by atoms with Gasteiger partial charge in [-0.25, -0.2) is 0 Å². The third-order valence-electron chi connectivity index (χ3n) is 6.14. The molecule has 31 heavy (non-hydrogen) atoms. The minimum Gasteiger partial charge on any atom is -0.379 e. The fourth-order valence-corrected chi connectivity index (χ4v) is 4.18. The summed E-state index contributed by atoms with van der Waals surface area (Å²) in [6, 6.07) is 18.2. The predicted octanol–water partition coefficient (Wildman–Crippen LogP) is 2.59. The molecule has 1 atom stereocenters. The summed E-state index contributed by atoms with van der Waals surface area (Å²) >= 11 is 0. The monoisotopic (exact) mass is 421 g/mol. The number of rotatable bonds is 8.